The molecule has 1 heterocycles. The van der Waals surface area contributed by atoms with Gasteiger partial charge in [-0.05, 0) is 6.42 Å². The van der Waals surface area contributed by atoms with E-state index in [1.807, 2.05) is 13.8 Å². The van der Waals surface area contributed by atoms with Crippen molar-refractivity contribution in [3.63, 3.8) is 0 Å². The Kier molecular flexibility index (Phi) is 12.6. The Labute approximate surface area is 131 Å². The zero-order valence-corrected chi connectivity index (χ0v) is 14.8. The normalized spacial score (nSPS) is 17.4. The van der Waals surface area contributed by atoms with Crippen LogP contribution in [0.3, 0.4) is 0 Å². The van der Waals surface area contributed by atoms with Crippen molar-refractivity contribution in [3.8, 4) is 0 Å². The fourth-order valence-electron chi connectivity index (χ4n) is 2.13. The molecule has 0 aromatic carbocycles. The van der Waals surface area contributed by atoms with Crippen molar-refractivity contribution < 1.29 is 18.8 Å². The lowest BCUT2D eigenvalue weighted by Gasteiger charge is -2.15. The number of unbranched alkanes of at least 4 members (excludes halogenated alkanes) is 3. The molecule has 1 aliphatic rings. The lowest BCUT2D eigenvalue weighted by Crippen LogP contribution is -2.29. The van der Waals surface area contributed by atoms with Crippen LogP contribution in [0.15, 0.2) is 0 Å². The number of hydrogen-bond acceptors (Lipinski definition) is 4. The number of likely N-dealkylation sites (tertiary alicyclic amines) is 1. The van der Waals surface area contributed by atoms with E-state index < -0.39 is 0 Å². The minimum Gasteiger partial charge on any atom is -0.465 e. The Bertz CT molecular complexity index is 299. The molecule has 0 aromatic rings. The van der Waals surface area contributed by atoms with Gasteiger partial charge in [-0.15, -0.1) is 0 Å². The summed E-state index contributed by atoms with van der Waals surface area (Å²) in [5.74, 6) is -0.530. The summed E-state index contributed by atoms with van der Waals surface area (Å²) >= 11 is 0. The first-order chi connectivity index (χ1) is 10.2. The molecule has 0 saturated carbocycles. The predicted molar refractivity (Wildman–Crippen MR) is 86.8 cm³/mol. The van der Waals surface area contributed by atoms with Crippen LogP contribution in [0.5, 0.6) is 0 Å². The lowest BCUT2D eigenvalue weighted by molar-refractivity contribution is -0.148. The van der Waals surface area contributed by atoms with Gasteiger partial charge in [0.15, 0.2) is 0 Å². The van der Waals surface area contributed by atoms with Crippen molar-refractivity contribution in [1.82, 2.24) is 4.90 Å². The van der Waals surface area contributed by atoms with Crippen molar-refractivity contribution in [2.45, 2.75) is 52.9 Å². The van der Waals surface area contributed by atoms with Crippen molar-refractivity contribution in [2.24, 2.45) is 5.92 Å². The van der Waals surface area contributed by atoms with Crippen LogP contribution in [-0.4, -0.2) is 43.1 Å². The first-order valence-corrected chi connectivity index (χ1v) is 8.42. The highest BCUT2D eigenvalue weighted by atomic mass is 31.0. The molecular formula is C15H30NO4P. The molecule has 1 saturated heterocycles. The average Bonchev–Trinajstić information content (AvgIpc) is 2.88. The molecule has 0 N–H and O–H groups in total. The van der Waals surface area contributed by atoms with Crippen LogP contribution in [0, 0.1) is 5.92 Å². The van der Waals surface area contributed by atoms with Crippen molar-refractivity contribution in [1.29, 1.82) is 0 Å². The summed E-state index contributed by atoms with van der Waals surface area (Å²) in [6.07, 6.45) is 4.60. The van der Waals surface area contributed by atoms with E-state index in [9.17, 15) is 9.59 Å². The third kappa shape index (κ3) is 8.37. The van der Waals surface area contributed by atoms with Gasteiger partial charge in [0.05, 0.1) is 19.1 Å². The smallest absolute Gasteiger partial charge is 0.311 e. The van der Waals surface area contributed by atoms with Crippen molar-refractivity contribution in [3.05, 3.63) is 0 Å². The van der Waals surface area contributed by atoms with E-state index >= 15 is 0 Å². The SMILES string of the molecule is CC.CCCCCCOC(=O)C1CC(=O)N(CCOP)C1. The fourth-order valence-corrected chi connectivity index (χ4v) is 2.23. The Hall–Kier alpha value is -0.670. The molecule has 5 nitrogen and oxygen atoms in total. The number of esters is 1. The predicted octanol–water partition coefficient (Wildman–Crippen LogP) is 2.79. The molecule has 124 valence electrons. The van der Waals surface area contributed by atoms with E-state index in [2.05, 4.69) is 16.4 Å². The topological polar surface area (TPSA) is 55.8 Å². The van der Waals surface area contributed by atoms with E-state index in [0.29, 0.717) is 26.3 Å². The Balaban J connectivity index is 0.00000191. The molecule has 1 aliphatic heterocycles. The molecule has 1 rings (SSSR count). The van der Waals surface area contributed by atoms with E-state index in [1.54, 1.807) is 4.90 Å². The highest BCUT2D eigenvalue weighted by Gasteiger charge is 2.34. The average molecular weight is 319 g/mol. The molecule has 0 radical (unpaired) electrons. The summed E-state index contributed by atoms with van der Waals surface area (Å²) in [5.41, 5.74) is 0. The minimum absolute atomic E-state index is 0.00924. The molecule has 0 spiro atoms. The molecular weight excluding hydrogens is 289 g/mol. The van der Waals surface area contributed by atoms with Crippen LogP contribution < -0.4 is 0 Å². The van der Waals surface area contributed by atoms with E-state index in [-0.39, 0.29) is 24.2 Å². The zero-order valence-electron chi connectivity index (χ0n) is 13.6. The lowest BCUT2D eigenvalue weighted by atomic mass is 10.1. The van der Waals surface area contributed by atoms with Gasteiger partial charge in [0.25, 0.3) is 0 Å². The van der Waals surface area contributed by atoms with Crippen molar-refractivity contribution in [2.75, 3.05) is 26.3 Å². The second-order valence-electron chi connectivity index (χ2n) is 4.84. The molecule has 1 fully saturated rings. The number of amides is 1. The second kappa shape index (κ2) is 13.0. The van der Waals surface area contributed by atoms with Gasteiger partial charge >= 0.3 is 5.97 Å². The maximum absolute atomic E-state index is 11.8. The maximum atomic E-state index is 11.8. The van der Waals surface area contributed by atoms with Crippen LogP contribution in [-0.2, 0) is 18.8 Å². The van der Waals surface area contributed by atoms with Gasteiger partial charge in [0.2, 0.25) is 5.91 Å². The molecule has 2 atom stereocenters. The molecule has 0 aliphatic carbocycles. The Morgan fingerprint density at radius 1 is 1.29 bits per heavy atom. The van der Waals surface area contributed by atoms with E-state index in [1.165, 1.54) is 6.42 Å². The van der Waals surface area contributed by atoms with Crippen molar-refractivity contribution >= 4 is 21.3 Å². The van der Waals surface area contributed by atoms with Gasteiger partial charge in [-0.25, -0.2) is 0 Å². The molecule has 6 heteroatoms. The second-order valence-corrected chi connectivity index (χ2v) is 5.17. The molecule has 1 amide bonds. The summed E-state index contributed by atoms with van der Waals surface area (Å²) in [7, 11) is 2.15. The van der Waals surface area contributed by atoms with E-state index in [4.69, 9.17) is 9.26 Å². The molecule has 21 heavy (non-hydrogen) atoms. The van der Waals surface area contributed by atoms with Crippen LogP contribution in [0.2, 0.25) is 0 Å². The first kappa shape index (κ1) is 20.3. The fraction of sp³-hybridized carbons (Fsp3) is 0.867. The molecule has 2 unspecified atom stereocenters. The number of rotatable bonds is 9. The van der Waals surface area contributed by atoms with Gasteiger partial charge in [0.1, 0.15) is 0 Å². The standard InChI is InChI=1S/C13H24NO4P.C2H6/c1-2-3-4-5-7-17-13(16)11-9-12(15)14(10-11)6-8-18-19;1-2/h11H,2-10,19H2,1H3;1-2H3. The van der Waals surface area contributed by atoms with Gasteiger partial charge in [-0.1, -0.05) is 40.0 Å². The Morgan fingerprint density at radius 3 is 2.62 bits per heavy atom. The largest absolute Gasteiger partial charge is 0.465 e. The monoisotopic (exact) mass is 319 g/mol. The van der Waals surface area contributed by atoms with E-state index in [0.717, 1.165) is 19.3 Å². The van der Waals surface area contributed by atoms with Gasteiger partial charge < -0.3 is 14.2 Å². The number of ether oxygens (including phenoxy) is 1. The highest BCUT2D eigenvalue weighted by molar-refractivity contribution is 7.09. The van der Waals surface area contributed by atoms with Crippen LogP contribution in [0.4, 0.5) is 0 Å². The summed E-state index contributed by atoms with van der Waals surface area (Å²) in [6, 6.07) is 0. The summed E-state index contributed by atoms with van der Waals surface area (Å²) in [4.78, 5) is 25.1. The summed E-state index contributed by atoms with van der Waals surface area (Å²) in [5, 5.41) is 0. The minimum atomic E-state index is -0.303. The first-order valence-electron chi connectivity index (χ1n) is 7.95. The third-order valence-electron chi connectivity index (χ3n) is 3.27. The van der Waals surface area contributed by atoms with Crippen LogP contribution >= 0.6 is 9.47 Å². The quantitative estimate of drug-likeness (QED) is 0.372. The highest BCUT2D eigenvalue weighted by Crippen LogP contribution is 2.19. The van der Waals surface area contributed by atoms with Gasteiger partial charge in [0, 0.05) is 29.0 Å². The molecule has 0 bridgehead atoms. The van der Waals surface area contributed by atoms with Crippen LogP contribution in [0.25, 0.3) is 0 Å². The Morgan fingerprint density at radius 2 is 2.00 bits per heavy atom. The summed E-state index contributed by atoms with van der Waals surface area (Å²) < 4.78 is 10.1. The number of carbonyl (C=O) groups is 2. The zero-order chi connectivity index (χ0) is 16.1. The number of hydrogen-bond donors (Lipinski definition) is 0. The van der Waals surface area contributed by atoms with Gasteiger partial charge in [-0.3, -0.25) is 9.59 Å². The number of nitrogens with zero attached hydrogens (tertiary/aromatic N) is 1. The molecule has 0 aromatic heterocycles. The maximum Gasteiger partial charge on any atom is 0.311 e. The van der Waals surface area contributed by atoms with Gasteiger partial charge in [-0.2, -0.15) is 0 Å². The van der Waals surface area contributed by atoms with Crippen LogP contribution in [0.1, 0.15) is 52.9 Å². The summed E-state index contributed by atoms with van der Waals surface area (Å²) in [6.45, 7) is 8.07. The third-order valence-corrected chi connectivity index (χ3v) is 3.50. The number of carbonyl (C=O) groups excluding carboxylic acids is 2.